The molecule has 0 saturated carbocycles. The van der Waals surface area contributed by atoms with Gasteiger partial charge in [-0.1, -0.05) is 17.7 Å². The zero-order valence-electron chi connectivity index (χ0n) is 9.29. The molecule has 0 nitrogen and oxygen atoms in total. The van der Waals surface area contributed by atoms with Gasteiger partial charge in [0.2, 0.25) is 0 Å². The highest BCUT2D eigenvalue weighted by Crippen LogP contribution is 2.32. The predicted molar refractivity (Wildman–Crippen MR) is 77.5 cm³/mol. The number of benzene rings is 1. The fourth-order valence-electron chi connectivity index (χ4n) is 1.53. The van der Waals surface area contributed by atoms with Crippen molar-refractivity contribution < 1.29 is 0 Å². The van der Waals surface area contributed by atoms with Crippen LogP contribution in [0.25, 0.3) is 0 Å². The van der Waals surface area contributed by atoms with Gasteiger partial charge in [-0.3, -0.25) is 0 Å². The number of rotatable bonds is 3. The van der Waals surface area contributed by atoms with Crippen LogP contribution in [-0.2, 0) is 5.75 Å². The van der Waals surface area contributed by atoms with E-state index in [1.54, 1.807) is 0 Å². The second-order valence-electron chi connectivity index (χ2n) is 3.75. The van der Waals surface area contributed by atoms with Crippen LogP contribution in [0.15, 0.2) is 39.0 Å². The van der Waals surface area contributed by atoms with E-state index in [-0.39, 0.29) is 0 Å². The normalized spacial score (nSPS) is 10.7. The first-order chi connectivity index (χ1) is 7.66. The van der Waals surface area contributed by atoms with Gasteiger partial charge in [0.15, 0.2) is 0 Å². The minimum atomic E-state index is 1.04. The summed E-state index contributed by atoms with van der Waals surface area (Å²) in [5.41, 5.74) is 2.71. The maximum Gasteiger partial charge on any atom is 0.0337 e. The molecule has 1 aromatic carbocycles. The molecule has 0 atom stereocenters. The maximum atomic E-state index is 3.57. The van der Waals surface area contributed by atoms with E-state index < -0.39 is 0 Å². The van der Waals surface area contributed by atoms with Crippen LogP contribution < -0.4 is 0 Å². The standard InChI is InChI=1S/C13H13BrS2/c1-9-3-4-12(10(2)7-9)16-8-13-11(14)5-6-15-13/h3-7H,8H2,1-2H3. The molecule has 0 unspecified atom stereocenters. The number of halogens is 1. The number of thiophene rings is 1. The lowest BCUT2D eigenvalue weighted by Crippen LogP contribution is -1.82. The van der Waals surface area contributed by atoms with Crippen molar-refractivity contribution in [2.24, 2.45) is 0 Å². The van der Waals surface area contributed by atoms with Gasteiger partial charge in [-0.25, -0.2) is 0 Å². The van der Waals surface area contributed by atoms with E-state index in [4.69, 9.17) is 0 Å². The Morgan fingerprint density at radius 2 is 2.06 bits per heavy atom. The summed E-state index contributed by atoms with van der Waals surface area (Å²) in [5, 5.41) is 2.13. The molecule has 0 amide bonds. The molecule has 0 aliphatic carbocycles. The molecule has 0 bridgehead atoms. The van der Waals surface area contributed by atoms with Crippen molar-refractivity contribution in [3.8, 4) is 0 Å². The summed E-state index contributed by atoms with van der Waals surface area (Å²) < 4.78 is 1.23. The first-order valence-electron chi connectivity index (χ1n) is 5.09. The second kappa shape index (κ2) is 5.39. The third-order valence-corrected chi connectivity index (χ3v) is 5.69. The Morgan fingerprint density at radius 1 is 1.25 bits per heavy atom. The van der Waals surface area contributed by atoms with Crippen LogP contribution in [0, 0.1) is 13.8 Å². The van der Waals surface area contributed by atoms with E-state index in [2.05, 4.69) is 59.4 Å². The number of thioether (sulfide) groups is 1. The monoisotopic (exact) mass is 312 g/mol. The second-order valence-corrected chi connectivity index (χ2v) is 6.62. The van der Waals surface area contributed by atoms with Crippen molar-refractivity contribution in [3.63, 3.8) is 0 Å². The SMILES string of the molecule is Cc1ccc(SCc2sccc2Br)c(C)c1. The van der Waals surface area contributed by atoms with Gasteiger partial charge < -0.3 is 0 Å². The fourth-order valence-corrected chi connectivity index (χ4v) is 4.34. The Balaban J connectivity index is 2.08. The molecule has 0 radical (unpaired) electrons. The van der Waals surface area contributed by atoms with E-state index in [9.17, 15) is 0 Å². The van der Waals surface area contributed by atoms with Gasteiger partial charge in [0.05, 0.1) is 0 Å². The van der Waals surface area contributed by atoms with Gasteiger partial charge in [-0.05, 0) is 52.9 Å². The quantitative estimate of drug-likeness (QED) is 0.682. The number of aryl methyl sites for hydroxylation is 2. The molecule has 3 heteroatoms. The molecular formula is C13H13BrS2. The lowest BCUT2D eigenvalue weighted by Gasteiger charge is -2.05. The van der Waals surface area contributed by atoms with E-state index in [0.29, 0.717) is 0 Å². The third-order valence-electron chi connectivity index (χ3n) is 2.38. The highest BCUT2D eigenvalue weighted by atomic mass is 79.9. The van der Waals surface area contributed by atoms with Crippen molar-refractivity contribution in [1.29, 1.82) is 0 Å². The first kappa shape index (κ1) is 12.2. The third kappa shape index (κ3) is 2.90. The van der Waals surface area contributed by atoms with Crippen molar-refractivity contribution in [2.75, 3.05) is 0 Å². The van der Waals surface area contributed by atoms with Crippen LogP contribution in [0.3, 0.4) is 0 Å². The summed E-state index contributed by atoms with van der Waals surface area (Å²) in [6.07, 6.45) is 0. The topological polar surface area (TPSA) is 0 Å². The Morgan fingerprint density at radius 3 is 2.69 bits per heavy atom. The number of hydrogen-bond acceptors (Lipinski definition) is 2. The Kier molecular flexibility index (Phi) is 4.11. The van der Waals surface area contributed by atoms with Crippen LogP contribution in [0.2, 0.25) is 0 Å². The van der Waals surface area contributed by atoms with Crippen LogP contribution in [0.1, 0.15) is 16.0 Å². The van der Waals surface area contributed by atoms with Crippen molar-refractivity contribution in [3.05, 3.63) is 50.1 Å². The molecule has 84 valence electrons. The average molecular weight is 313 g/mol. The molecule has 0 aliphatic rings. The highest BCUT2D eigenvalue weighted by molar-refractivity contribution is 9.10. The summed E-state index contributed by atoms with van der Waals surface area (Å²) in [5.74, 6) is 1.04. The minimum absolute atomic E-state index is 1.04. The van der Waals surface area contributed by atoms with Gasteiger partial charge >= 0.3 is 0 Å². The number of hydrogen-bond donors (Lipinski definition) is 0. The predicted octanol–water partition coefficient (Wildman–Crippen LogP) is 5.42. The van der Waals surface area contributed by atoms with Gasteiger partial charge in [-0.15, -0.1) is 23.1 Å². The molecule has 1 heterocycles. The summed E-state index contributed by atoms with van der Waals surface area (Å²) >= 11 is 7.29. The smallest absolute Gasteiger partial charge is 0.0337 e. The highest BCUT2D eigenvalue weighted by Gasteiger charge is 2.04. The van der Waals surface area contributed by atoms with Gasteiger partial charge in [0, 0.05) is 20.0 Å². The fraction of sp³-hybridized carbons (Fsp3) is 0.231. The molecule has 16 heavy (non-hydrogen) atoms. The summed E-state index contributed by atoms with van der Waals surface area (Å²) in [7, 11) is 0. The zero-order chi connectivity index (χ0) is 11.5. The van der Waals surface area contributed by atoms with Gasteiger partial charge in [0.25, 0.3) is 0 Å². The van der Waals surface area contributed by atoms with Crippen LogP contribution in [-0.4, -0.2) is 0 Å². The summed E-state index contributed by atoms with van der Waals surface area (Å²) in [4.78, 5) is 2.79. The zero-order valence-corrected chi connectivity index (χ0v) is 12.5. The molecular weight excluding hydrogens is 300 g/mol. The molecule has 0 spiro atoms. The summed E-state index contributed by atoms with van der Waals surface area (Å²) in [6.45, 7) is 4.32. The van der Waals surface area contributed by atoms with Crippen molar-refractivity contribution in [2.45, 2.75) is 24.5 Å². The van der Waals surface area contributed by atoms with E-state index in [0.717, 1.165) is 5.75 Å². The molecule has 0 N–H and O–H groups in total. The lowest BCUT2D eigenvalue weighted by molar-refractivity contribution is 1.26. The Labute approximate surface area is 113 Å². The Hall–Kier alpha value is -0.250. The van der Waals surface area contributed by atoms with E-state index in [1.807, 2.05) is 23.1 Å². The minimum Gasteiger partial charge on any atom is -0.147 e. The van der Waals surface area contributed by atoms with Crippen LogP contribution >= 0.6 is 39.0 Å². The van der Waals surface area contributed by atoms with Crippen LogP contribution in [0.5, 0.6) is 0 Å². The summed E-state index contributed by atoms with van der Waals surface area (Å²) in [6, 6.07) is 8.75. The van der Waals surface area contributed by atoms with E-state index in [1.165, 1.54) is 25.4 Å². The lowest BCUT2D eigenvalue weighted by atomic mass is 10.2. The molecule has 0 fully saturated rings. The molecule has 0 aliphatic heterocycles. The Bertz CT molecular complexity index is 488. The molecule has 2 rings (SSSR count). The average Bonchev–Trinajstić information content (AvgIpc) is 2.63. The molecule has 2 aromatic rings. The molecule has 1 aromatic heterocycles. The van der Waals surface area contributed by atoms with Crippen molar-refractivity contribution in [1.82, 2.24) is 0 Å². The van der Waals surface area contributed by atoms with Gasteiger partial charge in [0.1, 0.15) is 0 Å². The van der Waals surface area contributed by atoms with Crippen molar-refractivity contribution >= 4 is 39.0 Å². The first-order valence-corrected chi connectivity index (χ1v) is 7.74. The maximum absolute atomic E-state index is 3.57. The van der Waals surface area contributed by atoms with Gasteiger partial charge in [-0.2, -0.15) is 0 Å². The van der Waals surface area contributed by atoms with Crippen LogP contribution in [0.4, 0.5) is 0 Å². The largest absolute Gasteiger partial charge is 0.147 e. The van der Waals surface area contributed by atoms with E-state index >= 15 is 0 Å². The molecule has 0 saturated heterocycles.